The Morgan fingerprint density at radius 2 is 0.474 bits per heavy atom. The summed E-state index contributed by atoms with van der Waals surface area (Å²) >= 11 is 0. The van der Waals surface area contributed by atoms with Gasteiger partial charge in [0.1, 0.15) is 0 Å². The van der Waals surface area contributed by atoms with Crippen LogP contribution < -0.4 is 19.6 Å². The van der Waals surface area contributed by atoms with Crippen molar-refractivity contribution < 1.29 is 0 Å². The maximum Gasteiger partial charge on any atom is 0.0462 e. The Hall–Kier alpha value is -9.38. The highest BCUT2D eigenvalue weighted by molar-refractivity contribution is 5.80. The Labute approximate surface area is 448 Å². The van der Waals surface area contributed by atoms with Gasteiger partial charge in [-0.15, -0.1) is 0 Å². The first-order valence-electron chi connectivity index (χ1n) is 26.7. The Morgan fingerprint density at radius 1 is 0.211 bits per heavy atom. The number of hydrogen-bond donors (Lipinski definition) is 0. The Kier molecular flexibility index (Phi) is 14.0. The molecule has 0 N–H and O–H groups in total. The van der Waals surface area contributed by atoms with Crippen LogP contribution in [0.2, 0.25) is 0 Å². The zero-order valence-corrected chi connectivity index (χ0v) is 42.7. The summed E-state index contributed by atoms with van der Waals surface area (Å²) in [6.45, 7) is 0. The number of rotatable bonds is 15. The average Bonchev–Trinajstić information content (AvgIpc) is 3.50. The van der Waals surface area contributed by atoms with Crippen molar-refractivity contribution >= 4 is 51.2 Å². The molecule has 9 aromatic rings. The predicted octanol–water partition coefficient (Wildman–Crippen LogP) is 20.0. The van der Waals surface area contributed by atoms with Crippen LogP contribution in [0, 0.1) is 0 Å². The van der Waals surface area contributed by atoms with Crippen LogP contribution in [0.4, 0.5) is 51.2 Å². The predicted molar refractivity (Wildman–Crippen MR) is 321 cm³/mol. The van der Waals surface area contributed by atoms with Gasteiger partial charge >= 0.3 is 0 Å². The molecule has 0 aromatic heterocycles. The number of allylic oxidation sites excluding steroid dienone is 12. The second kappa shape index (κ2) is 22.4. The summed E-state index contributed by atoms with van der Waals surface area (Å²) in [5.41, 5.74) is 21.8. The van der Waals surface area contributed by atoms with Crippen molar-refractivity contribution in [2.45, 2.75) is 38.5 Å². The molecule has 3 aliphatic rings. The standard InChI is InChI=1S/C72H60N4/c1-7-19-61(20-8-1)73(62-21-9-2-10-22-62)67-43-31-55(32-44-67)58-37-49-70(50-38-58)76(71-51-39-59(40-52-71)56-33-45-68(46-34-56)74(63-23-11-3-12-24-63)64-25-13-4-14-26-64)72-53-41-60(42-54-72)57-35-47-69(48-36-57)75(65-27-15-5-16-28-65)66-29-17-6-18-30-66/h1-17,19-29,31-33,35-39,41-45,47-51,53-54H,18,30,34,40,46,52H2. The van der Waals surface area contributed by atoms with Gasteiger partial charge in [-0.05, 0) is 199 Å². The molecule has 12 rings (SSSR count). The Bertz CT molecular complexity index is 3500. The van der Waals surface area contributed by atoms with Gasteiger partial charge in [0.15, 0.2) is 0 Å². The van der Waals surface area contributed by atoms with E-state index in [2.05, 4.69) is 311 Å². The van der Waals surface area contributed by atoms with Crippen LogP contribution in [-0.4, -0.2) is 0 Å². The third-order valence-electron chi connectivity index (χ3n) is 14.8. The first-order valence-corrected chi connectivity index (χ1v) is 26.7. The monoisotopic (exact) mass is 980 g/mol. The van der Waals surface area contributed by atoms with Gasteiger partial charge < -0.3 is 19.6 Å². The summed E-state index contributed by atoms with van der Waals surface area (Å²) in [6.07, 6.45) is 22.0. The van der Waals surface area contributed by atoms with Crippen molar-refractivity contribution in [1.29, 1.82) is 0 Å². The van der Waals surface area contributed by atoms with E-state index in [9.17, 15) is 0 Å². The number of anilines is 9. The lowest BCUT2D eigenvalue weighted by atomic mass is 9.89. The molecule has 9 aromatic carbocycles. The van der Waals surface area contributed by atoms with Gasteiger partial charge in [0.05, 0.1) is 0 Å². The highest BCUT2D eigenvalue weighted by Gasteiger charge is 2.23. The zero-order valence-electron chi connectivity index (χ0n) is 42.7. The van der Waals surface area contributed by atoms with Crippen molar-refractivity contribution in [2.24, 2.45) is 0 Å². The minimum atomic E-state index is 0.926. The van der Waals surface area contributed by atoms with E-state index in [1.807, 2.05) is 0 Å². The summed E-state index contributed by atoms with van der Waals surface area (Å²) in [7, 11) is 0. The summed E-state index contributed by atoms with van der Waals surface area (Å²) < 4.78 is 0. The normalized spacial score (nSPS) is 14.1. The lowest BCUT2D eigenvalue weighted by Gasteiger charge is -2.32. The highest BCUT2D eigenvalue weighted by Crippen LogP contribution is 2.42. The summed E-state index contributed by atoms with van der Waals surface area (Å²) in [4.78, 5) is 9.56. The minimum absolute atomic E-state index is 0.926. The van der Waals surface area contributed by atoms with E-state index in [0.29, 0.717) is 0 Å². The molecule has 0 spiro atoms. The third kappa shape index (κ3) is 10.4. The van der Waals surface area contributed by atoms with E-state index in [1.54, 1.807) is 0 Å². The highest BCUT2D eigenvalue weighted by atomic mass is 15.2. The first kappa shape index (κ1) is 47.6. The lowest BCUT2D eigenvalue weighted by molar-refractivity contribution is 0.827. The number of nitrogens with zero attached hydrogens (tertiary/aromatic N) is 4. The molecular weight excluding hydrogens is 921 g/mol. The molecule has 0 saturated heterocycles. The molecule has 0 aliphatic heterocycles. The van der Waals surface area contributed by atoms with Gasteiger partial charge in [-0.1, -0.05) is 164 Å². The molecule has 0 fully saturated rings. The average molecular weight is 981 g/mol. The molecule has 0 amide bonds. The molecule has 0 unspecified atom stereocenters. The SMILES string of the molecule is C1=CCCC(N(c2ccccc2)c2ccc(-c3ccc(N(C4=CC=C(C5=CC=C(N(c6ccccc6)c6ccccc6)CC5)CC4)c4ccc(-c5ccc(N(c6ccccc6)c6ccccc6)cc5)cc4)cc3)cc2)=C1. The first-order chi connectivity index (χ1) is 37.7. The van der Waals surface area contributed by atoms with Crippen LogP contribution in [0.5, 0.6) is 0 Å². The molecule has 0 bridgehead atoms. The van der Waals surface area contributed by atoms with E-state index in [0.717, 1.165) is 67.0 Å². The fourth-order valence-electron chi connectivity index (χ4n) is 10.9. The smallest absolute Gasteiger partial charge is 0.0462 e. The van der Waals surface area contributed by atoms with E-state index in [4.69, 9.17) is 0 Å². The van der Waals surface area contributed by atoms with Crippen LogP contribution in [0.15, 0.2) is 319 Å². The van der Waals surface area contributed by atoms with E-state index < -0.39 is 0 Å². The van der Waals surface area contributed by atoms with Crippen LogP contribution >= 0.6 is 0 Å². The van der Waals surface area contributed by atoms with Crippen LogP contribution in [0.3, 0.4) is 0 Å². The van der Waals surface area contributed by atoms with E-state index in [-0.39, 0.29) is 0 Å². The second-order valence-electron chi connectivity index (χ2n) is 19.5. The van der Waals surface area contributed by atoms with Crippen LogP contribution in [0.1, 0.15) is 38.5 Å². The largest absolute Gasteiger partial charge is 0.314 e. The van der Waals surface area contributed by atoms with Crippen molar-refractivity contribution in [3.63, 3.8) is 0 Å². The van der Waals surface area contributed by atoms with Crippen molar-refractivity contribution in [3.05, 3.63) is 319 Å². The van der Waals surface area contributed by atoms with Crippen LogP contribution in [-0.2, 0) is 0 Å². The molecule has 0 radical (unpaired) electrons. The van der Waals surface area contributed by atoms with E-state index in [1.165, 1.54) is 73.2 Å². The van der Waals surface area contributed by atoms with E-state index >= 15 is 0 Å². The third-order valence-corrected chi connectivity index (χ3v) is 14.8. The van der Waals surface area contributed by atoms with Gasteiger partial charge in [0.2, 0.25) is 0 Å². The molecule has 0 saturated carbocycles. The quantitative estimate of drug-likeness (QED) is 0.101. The summed E-state index contributed by atoms with van der Waals surface area (Å²) in [5.74, 6) is 0. The minimum Gasteiger partial charge on any atom is -0.314 e. The molecule has 76 heavy (non-hydrogen) atoms. The maximum atomic E-state index is 2.46. The maximum absolute atomic E-state index is 2.46. The Morgan fingerprint density at radius 3 is 0.737 bits per heavy atom. The van der Waals surface area contributed by atoms with Gasteiger partial charge in [-0.25, -0.2) is 0 Å². The van der Waals surface area contributed by atoms with Crippen LogP contribution in [0.25, 0.3) is 22.3 Å². The Balaban J connectivity index is 0.842. The number of para-hydroxylation sites is 5. The topological polar surface area (TPSA) is 13.0 Å². The van der Waals surface area contributed by atoms with Crippen molar-refractivity contribution in [2.75, 3.05) is 19.6 Å². The fraction of sp³-hybridized carbons (Fsp3) is 0.0833. The van der Waals surface area contributed by atoms with Gasteiger partial charge in [-0.3, -0.25) is 0 Å². The molecule has 3 aliphatic carbocycles. The van der Waals surface area contributed by atoms with Gasteiger partial charge in [0, 0.05) is 68.3 Å². The number of benzene rings is 9. The molecule has 368 valence electrons. The lowest BCUT2D eigenvalue weighted by Crippen LogP contribution is -2.19. The number of hydrogen-bond acceptors (Lipinski definition) is 4. The molecular formula is C72H60N4. The van der Waals surface area contributed by atoms with Crippen molar-refractivity contribution in [3.8, 4) is 22.3 Å². The molecule has 0 heterocycles. The summed E-state index contributed by atoms with van der Waals surface area (Å²) in [6, 6.07) is 89.6. The zero-order chi connectivity index (χ0) is 50.9. The fourth-order valence-corrected chi connectivity index (χ4v) is 10.9. The second-order valence-corrected chi connectivity index (χ2v) is 19.5. The van der Waals surface area contributed by atoms with Gasteiger partial charge in [-0.2, -0.15) is 0 Å². The molecule has 0 atom stereocenters. The summed E-state index contributed by atoms with van der Waals surface area (Å²) in [5, 5.41) is 0. The van der Waals surface area contributed by atoms with Gasteiger partial charge in [0.25, 0.3) is 0 Å². The molecule has 4 nitrogen and oxygen atoms in total. The van der Waals surface area contributed by atoms with Crippen molar-refractivity contribution in [1.82, 2.24) is 0 Å². The molecule has 4 heteroatoms.